The van der Waals surface area contributed by atoms with Crippen molar-refractivity contribution in [2.75, 3.05) is 14.2 Å². The molecule has 5 nitrogen and oxygen atoms in total. The van der Waals surface area contributed by atoms with Crippen molar-refractivity contribution in [3.05, 3.63) is 11.3 Å². The normalized spacial score (nSPS) is 34.0. The van der Waals surface area contributed by atoms with Crippen molar-refractivity contribution in [2.24, 2.45) is 5.92 Å². The number of rotatable bonds is 2. The summed E-state index contributed by atoms with van der Waals surface area (Å²) in [6.07, 6.45) is 0.665. The Morgan fingerprint density at radius 3 is 2.61 bits per heavy atom. The van der Waals surface area contributed by atoms with Crippen LogP contribution in [0, 0.1) is 5.92 Å². The Labute approximate surface area is 112 Å². The summed E-state index contributed by atoms with van der Waals surface area (Å²) in [5.74, 6) is -0.683. The number of esters is 2. The van der Waals surface area contributed by atoms with Crippen molar-refractivity contribution in [1.82, 2.24) is 5.32 Å². The summed E-state index contributed by atoms with van der Waals surface area (Å²) in [6, 6.07) is 0. The maximum atomic E-state index is 11.8. The third-order valence-electron chi connectivity index (χ3n) is 3.55. The first-order valence-electron chi connectivity index (χ1n) is 5.76. The van der Waals surface area contributed by atoms with Crippen LogP contribution in [-0.2, 0) is 19.1 Å². The molecule has 0 amide bonds. The average molecular weight is 318 g/mol. The van der Waals surface area contributed by atoms with Gasteiger partial charge in [0.25, 0.3) is 0 Å². The zero-order chi connectivity index (χ0) is 13.5. The van der Waals surface area contributed by atoms with Crippen molar-refractivity contribution in [3.8, 4) is 0 Å². The van der Waals surface area contributed by atoms with Crippen LogP contribution in [-0.4, -0.2) is 45.6 Å². The van der Waals surface area contributed by atoms with Gasteiger partial charge in [0.2, 0.25) is 0 Å². The van der Waals surface area contributed by atoms with Gasteiger partial charge < -0.3 is 0 Å². The van der Waals surface area contributed by atoms with Crippen LogP contribution in [0.1, 0.15) is 20.3 Å². The summed E-state index contributed by atoms with van der Waals surface area (Å²) < 4.78 is 9.43. The fourth-order valence-electron chi connectivity index (χ4n) is 2.70. The monoisotopic (exact) mass is 319 g/mol. The molecule has 2 rings (SSSR count). The predicted molar refractivity (Wildman–Crippen MR) is 65.9 cm³/mol. The molecule has 0 aliphatic carbocycles. The predicted octanol–water partition coefficient (Wildman–Crippen LogP) is 0.438. The second-order valence-electron chi connectivity index (χ2n) is 4.68. The number of ether oxygens (including phenoxy) is 2. The number of methoxy groups -OCH3 is 2. The van der Waals surface area contributed by atoms with Crippen LogP contribution in [0.15, 0.2) is 11.3 Å². The molecule has 2 aliphatic heterocycles. The molecule has 0 aromatic rings. The Kier molecular flexibility index (Phi) is 3.43. The van der Waals surface area contributed by atoms with Crippen LogP contribution in [0.4, 0.5) is 0 Å². The van der Waals surface area contributed by atoms with E-state index in [-0.39, 0.29) is 42.1 Å². The number of carbonyl (C=O) groups excluding carboxylic acids is 2. The minimum absolute atomic E-state index is 0.134. The second-order valence-corrected chi connectivity index (χ2v) is 8.15. The van der Waals surface area contributed by atoms with Gasteiger partial charge in [-0.25, -0.2) is 0 Å². The van der Waals surface area contributed by atoms with E-state index in [0.717, 1.165) is 5.70 Å². The minimum atomic E-state index is -0.292. The summed E-state index contributed by atoms with van der Waals surface area (Å²) in [4.78, 5) is 23.8. The third kappa shape index (κ3) is 1.93. The van der Waals surface area contributed by atoms with Gasteiger partial charge in [0.15, 0.2) is 0 Å². The molecule has 6 heteroatoms. The molecule has 3 atom stereocenters. The van der Waals surface area contributed by atoms with E-state index < -0.39 is 0 Å². The number of fused-ring (bicyclic) bond motifs is 2. The summed E-state index contributed by atoms with van der Waals surface area (Å²) in [5, 5.41) is 3.32. The first kappa shape index (κ1) is 13.4. The molecule has 0 aromatic heterocycles. The van der Waals surface area contributed by atoms with Crippen LogP contribution in [0.5, 0.6) is 0 Å². The van der Waals surface area contributed by atoms with E-state index in [1.807, 2.05) is 13.8 Å². The summed E-state index contributed by atoms with van der Waals surface area (Å²) in [7, 11) is 2.79. The Bertz CT molecular complexity index is 434. The molecule has 0 aromatic carbocycles. The number of hydrogen-bond donors (Lipinski definition) is 1. The molecule has 0 saturated carbocycles. The van der Waals surface area contributed by atoms with Gasteiger partial charge >= 0.3 is 112 Å². The van der Waals surface area contributed by atoms with Gasteiger partial charge in [-0.05, 0) is 0 Å². The molecule has 1 saturated heterocycles. The standard InChI is InChI=1S/C12H17NO4Se/c1-6-9(11(15)17-4)8-5-7(10(14)16-3)12(2,13-6)18-8/h7-8,13H,5H2,1-4H3/t7-,8+,12?/m1/s1. The molecule has 2 bridgehead atoms. The molecule has 1 unspecified atom stereocenters. The third-order valence-corrected chi connectivity index (χ3v) is 6.89. The van der Waals surface area contributed by atoms with E-state index >= 15 is 0 Å². The van der Waals surface area contributed by atoms with Gasteiger partial charge in [-0.15, -0.1) is 0 Å². The fourth-order valence-corrected chi connectivity index (χ4v) is 6.56. The van der Waals surface area contributed by atoms with E-state index in [4.69, 9.17) is 9.47 Å². The van der Waals surface area contributed by atoms with Gasteiger partial charge in [0, 0.05) is 0 Å². The molecular weight excluding hydrogens is 301 g/mol. The topological polar surface area (TPSA) is 64.6 Å². The number of carbonyl (C=O) groups is 2. The Hall–Kier alpha value is -1.00. The summed E-state index contributed by atoms with van der Waals surface area (Å²) >= 11 is 0.134. The van der Waals surface area contributed by atoms with E-state index in [1.165, 1.54) is 14.2 Å². The fraction of sp³-hybridized carbons (Fsp3) is 0.667. The first-order chi connectivity index (χ1) is 8.42. The van der Waals surface area contributed by atoms with Crippen molar-refractivity contribution in [2.45, 2.75) is 29.5 Å². The van der Waals surface area contributed by atoms with Crippen molar-refractivity contribution < 1.29 is 19.1 Å². The summed E-state index contributed by atoms with van der Waals surface area (Å²) in [5.41, 5.74) is 1.52. The molecule has 2 aliphatic rings. The van der Waals surface area contributed by atoms with Gasteiger partial charge in [-0.3, -0.25) is 0 Å². The Morgan fingerprint density at radius 2 is 2.06 bits per heavy atom. The number of hydrogen-bond acceptors (Lipinski definition) is 5. The average Bonchev–Trinajstić information content (AvgIpc) is 2.60. The van der Waals surface area contributed by atoms with Gasteiger partial charge in [-0.2, -0.15) is 0 Å². The quantitative estimate of drug-likeness (QED) is 0.591. The molecule has 100 valence electrons. The van der Waals surface area contributed by atoms with Crippen LogP contribution in [0.25, 0.3) is 0 Å². The van der Waals surface area contributed by atoms with Gasteiger partial charge in [0.05, 0.1) is 0 Å². The van der Waals surface area contributed by atoms with Crippen molar-refractivity contribution in [3.63, 3.8) is 0 Å². The zero-order valence-electron chi connectivity index (χ0n) is 10.9. The summed E-state index contributed by atoms with van der Waals surface area (Å²) in [6.45, 7) is 3.90. The number of nitrogens with one attached hydrogen (secondary N) is 1. The van der Waals surface area contributed by atoms with Crippen molar-refractivity contribution in [1.29, 1.82) is 0 Å². The SMILES string of the molecule is COC(=O)C1=C(C)NC2(C)[Se][C@H]1C[C@@H]2C(=O)OC. The first-order valence-corrected chi connectivity index (χ1v) is 7.60. The van der Waals surface area contributed by atoms with E-state index in [0.29, 0.717) is 12.0 Å². The Morgan fingerprint density at radius 1 is 1.39 bits per heavy atom. The number of allylic oxidation sites excluding steroid dienone is 1. The van der Waals surface area contributed by atoms with Gasteiger partial charge in [0.1, 0.15) is 0 Å². The van der Waals surface area contributed by atoms with Crippen LogP contribution >= 0.6 is 0 Å². The molecule has 2 heterocycles. The van der Waals surface area contributed by atoms with Gasteiger partial charge in [-0.1, -0.05) is 0 Å². The second kappa shape index (κ2) is 4.59. The molecule has 1 fully saturated rings. The van der Waals surface area contributed by atoms with Crippen LogP contribution in [0.3, 0.4) is 0 Å². The molecular formula is C12H17NO4Se. The Balaban J connectivity index is 2.32. The van der Waals surface area contributed by atoms with Crippen LogP contribution < -0.4 is 5.32 Å². The molecule has 18 heavy (non-hydrogen) atoms. The molecule has 1 N–H and O–H groups in total. The maximum absolute atomic E-state index is 11.8. The zero-order valence-corrected chi connectivity index (χ0v) is 12.6. The van der Waals surface area contributed by atoms with Crippen molar-refractivity contribution >= 4 is 26.9 Å². The van der Waals surface area contributed by atoms with E-state index in [9.17, 15) is 9.59 Å². The van der Waals surface area contributed by atoms with Crippen LogP contribution in [0.2, 0.25) is 4.82 Å². The molecule has 0 radical (unpaired) electrons. The van der Waals surface area contributed by atoms with E-state index in [2.05, 4.69) is 5.32 Å². The van der Waals surface area contributed by atoms with E-state index in [1.54, 1.807) is 0 Å². The molecule has 0 spiro atoms.